The quantitative estimate of drug-likeness (QED) is 0.311. The van der Waals surface area contributed by atoms with E-state index in [0.29, 0.717) is 0 Å². The second-order valence-electron chi connectivity index (χ2n) is 7.70. The summed E-state index contributed by atoms with van der Waals surface area (Å²) in [6.45, 7) is 2.14. The number of hydrogen-bond acceptors (Lipinski definition) is 2. The summed E-state index contributed by atoms with van der Waals surface area (Å²) in [5, 5.41) is 12.8. The summed E-state index contributed by atoms with van der Waals surface area (Å²) in [5.74, 6) is 0.867. The highest BCUT2D eigenvalue weighted by Gasteiger charge is 2.16. The second kappa shape index (κ2) is 6.53. The number of pyridine rings is 1. The van der Waals surface area contributed by atoms with Gasteiger partial charge in [0.1, 0.15) is 0 Å². The smallest absolute Gasteiger partial charge is 0.169 e. The van der Waals surface area contributed by atoms with Gasteiger partial charge in [-0.05, 0) is 41.6 Å². The van der Waals surface area contributed by atoms with E-state index in [4.69, 9.17) is 0 Å². The second-order valence-corrected chi connectivity index (χ2v) is 7.70. The third-order valence-corrected chi connectivity index (χ3v) is 5.75. The van der Waals surface area contributed by atoms with Crippen LogP contribution < -0.4 is 0 Å². The van der Waals surface area contributed by atoms with Crippen molar-refractivity contribution >= 4 is 27.3 Å². The van der Waals surface area contributed by atoms with Gasteiger partial charge in [-0.1, -0.05) is 84.4 Å². The van der Waals surface area contributed by atoms with Gasteiger partial charge in [0.2, 0.25) is 0 Å². The molecule has 2 heterocycles. The van der Waals surface area contributed by atoms with Gasteiger partial charge >= 0.3 is 0 Å². The number of aromatic nitrogens is 3. The number of benzene rings is 4. The molecule has 0 atom stereocenters. The minimum Gasteiger partial charge on any atom is -0.274 e. The Hall–Kier alpha value is -3.98. The fourth-order valence-corrected chi connectivity index (χ4v) is 4.30. The van der Waals surface area contributed by atoms with Crippen LogP contribution in [0.4, 0.5) is 0 Å². The van der Waals surface area contributed by atoms with Gasteiger partial charge in [-0.25, -0.2) is 0 Å². The first-order chi connectivity index (χ1) is 14.8. The van der Waals surface area contributed by atoms with Crippen LogP contribution in [0, 0.1) is 6.92 Å². The predicted molar refractivity (Wildman–Crippen MR) is 124 cm³/mol. The highest BCUT2D eigenvalue weighted by atomic mass is 15.2. The van der Waals surface area contributed by atoms with Crippen molar-refractivity contribution in [3.8, 4) is 22.5 Å². The Labute approximate surface area is 174 Å². The molecule has 0 amide bonds. The number of aryl methyl sites for hydroxylation is 1. The van der Waals surface area contributed by atoms with Crippen molar-refractivity contribution < 1.29 is 0 Å². The molecule has 0 bridgehead atoms. The van der Waals surface area contributed by atoms with Crippen LogP contribution >= 0.6 is 0 Å². The topological polar surface area (TPSA) is 30.2 Å². The summed E-state index contributed by atoms with van der Waals surface area (Å²) in [5.41, 5.74) is 6.69. The molecule has 0 spiro atoms. The maximum Gasteiger partial charge on any atom is 0.169 e. The van der Waals surface area contributed by atoms with Gasteiger partial charge in [0.15, 0.2) is 11.5 Å². The summed E-state index contributed by atoms with van der Waals surface area (Å²) in [6, 6.07) is 34.0. The molecule has 0 aliphatic rings. The Kier molecular flexibility index (Phi) is 3.68. The number of fused-ring (bicyclic) bond motifs is 6. The third kappa shape index (κ3) is 2.52. The summed E-state index contributed by atoms with van der Waals surface area (Å²) in [6.07, 6.45) is 0. The van der Waals surface area contributed by atoms with Crippen LogP contribution in [0.3, 0.4) is 0 Å². The fourth-order valence-electron chi connectivity index (χ4n) is 4.30. The van der Waals surface area contributed by atoms with Crippen molar-refractivity contribution in [2.45, 2.75) is 6.92 Å². The van der Waals surface area contributed by atoms with E-state index in [2.05, 4.69) is 94.3 Å². The van der Waals surface area contributed by atoms with Crippen LogP contribution in [0.25, 0.3) is 49.8 Å². The molecule has 6 rings (SSSR count). The molecule has 0 aliphatic carbocycles. The largest absolute Gasteiger partial charge is 0.274 e. The molecular weight excluding hydrogens is 366 g/mol. The molecule has 30 heavy (non-hydrogen) atoms. The van der Waals surface area contributed by atoms with Crippen LogP contribution in [0.15, 0.2) is 97.1 Å². The van der Waals surface area contributed by atoms with Crippen LogP contribution in [0.5, 0.6) is 0 Å². The van der Waals surface area contributed by atoms with Gasteiger partial charge in [0, 0.05) is 16.3 Å². The van der Waals surface area contributed by atoms with Crippen molar-refractivity contribution in [1.82, 2.24) is 14.6 Å². The molecule has 0 saturated heterocycles. The van der Waals surface area contributed by atoms with Gasteiger partial charge in [-0.2, -0.15) is 0 Å². The summed E-state index contributed by atoms with van der Waals surface area (Å²) >= 11 is 0. The summed E-state index contributed by atoms with van der Waals surface area (Å²) < 4.78 is 2.20. The Bertz CT molecular complexity index is 1530. The third-order valence-electron chi connectivity index (χ3n) is 5.75. The maximum absolute atomic E-state index is 4.64. The van der Waals surface area contributed by atoms with E-state index in [9.17, 15) is 0 Å². The SMILES string of the molecule is Cc1ccc2c(c1)c1ccc(-c3ccccc3)cc1c1nnc(-c3ccccc3)n21. The summed E-state index contributed by atoms with van der Waals surface area (Å²) in [4.78, 5) is 0. The molecule has 0 aliphatic heterocycles. The molecule has 4 aromatic carbocycles. The van der Waals surface area contributed by atoms with Crippen molar-refractivity contribution in [1.29, 1.82) is 0 Å². The molecule has 0 N–H and O–H groups in total. The average Bonchev–Trinajstić information content (AvgIpc) is 3.25. The molecule has 0 unspecified atom stereocenters. The zero-order chi connectivity index (χ0) is 20.1. The van der Waals surface area contributed by atoms with Crippen LogP contribution in [0.2, 0.25) is 0 Å². The Morgan fingerprint density at radius 2 is 1.30 bits per heavy atom. The lowest BCUT2D eigenvalue weighted by Gasteiger charge is -2.12. The van der Waals surface area contributed by atoms with E-state index < -0.39 is 0 Å². The number of hydrogen-bond donors (Lipinski definition) is 0. The van der Waals surface area contributed by atoms with Gasteiger partial charge in [0.05, 0.1) is 5.52 Å². The first kappa shape index (κ1) is 16.9. The van der Waals surface area contributed by atoms with Crippen LogP contribution in [-0.2, 0) is 0 Å². The standard InChI is InChI=1S/C27H19N3/c1-18-12-15-25-23(16-18)22-14-13-21(19-8-4-2-5-9-19)17-24(22)27-29-28-26(30(25)27)20-10-6-3-7-11-20/h2-17H,1H3. The lowest BCUT2D eigenvalue weighted by Crippen LogP contribution is -1.95. The minimum atomic E-state index is 0.867. The fraction of sp³-hybridized carbons (Fsp3) is 0.0370. The zero-order valence-corrected chi connectivity index (χ0v) is 16.6. The molecule has 2 aromatic heterocycles. The van der Waals surface area contributed by atoms with Gasteiger partial charge in [-0.3, -0.25) is 4.40 Å². The predicted octanol–water partition coefficient (Wildman–Crippen LogP) is 6.68. The van der Waals surface area contributed by atoms with Crippen molar-refractivity contribution in [3.05, 3.63) is 103 Å². The highest BCUT2D eigenvalue weighted by molar-refractivity contribution is 6.13. The molecule has 0 radical (unpaired) electrons. The monoisotopic (exact) mass is 385 g/mol. The molecule has 0 saturated carbocycles. The Morgan fingerprint density at radius 3 is 2.07 bits per heavy atom. The molecular formula is C27H19N3. The average molecular weight is 385 g/mol. The van der Waals surface area contributed by atoms with Gasteiger partial charge in [-0.15, -0.1) is 10.2 Å². The van der Waals surface area contributed by atoms with E-state index in [1.165, 1.54) is 27.5 Å². The Morgan fingerprint density at radius 1 is 0.567 bits per heavy atom. The molecule has 142 valence electrons. The van der Waals surface area contributed by atoms with Crippen LogP contribution in [-0.4, -0.2) is 14.6 Å². The highest BCUT2D eigenvalue weighted by Crippen LogP contribution is 2.34. The van der Waals surface area contributed by atoms with Crippen molar-refractivity contribution in [2.24, 2.45) is 0 Å². The van der Waals surface area contributed by atoms with E-state index >= 15 is 0 Å². The van der Waals surface area contributed by atoms with E-state index in [1.807, 2.05) is 24.3 Å². The van der Waals surface area contributed by atoms with Gasteiger partial charge in [0.25, 0.3) is 0 Å². The first-order valence-electron chi connectivity index (χ1n) is 10.1. The molecule has 0 fully saturated rings. The molecule has 6 aromatic rings. The zero-order valence-electron chi connectivity index (χ0n) is 16.6. The van der Waals surface area contributed by atoms with E-state index in [1.54, 1.807) is 0 Å². The van der Waals surface area contributed by atoms with Gasteiger partial charge < -0.3 is 0 Å². The molecule has 3 nitrogen and oxygen atoms in total. The van der Waals surface area contributed by atoms with Crippen molar-refractivity contribution in [3.63, 3.8) is 0 Å². The first-order valence-corrected chi connectivity index (χ1v) is 10.1. The minimum absolute atomic E-state index is 0.867. The van der Waals surface area contributed by atoms with E-state index in [-0.39, 0.29) is 0 Å². The van der Waals surface area contributed by atoms with Crippen molar-refractivity contribution in [2.75, 3.05) is 0 Å². The number of rotatable bonds is 2. The normalized spacial score (nSPS) is 11.5. The van der Waals surface area contributed by atoms with Crippen LogP contribution in [0.1, 0.15) is 5.56 Å². The lowest BCUT2D eigenvalue weighted by atomic mass is 9.98. The Balaban J connectivity index is 1.77. The maximum atomic E-state index is 4.64. The molecule has 3 heteroatoms. The summed E-state index contributed by atoms with van der Waals surface area (Å²) in [7, 11) is 0. The van der Waals surface area contributed by atoms with E-state index in [0.717, 1.165) is 27.9 Å². The number of nitrogens with zero attached hydrogens (tertiary/aromatic N) is 3. The lowest BCUT2D eigenvalue weighted by molar-refractivity contribution is 1.12.